The number of ether oxygens (including phenoxy) is 2. The number of methoxy groups -OCH3 is 2. The van der Waals surface area contributed by atoms with Crippen LogP contribution in [-0.4, -0.2) is 20.1 Å². The highest BCUT2D eigenvalue weighted by Gasteiger charge is 2.16. The maximum absolute atomic E-state index is 12.5. The fourth-order valence-corrected chi connectivity index (χ4v) is 2.70. The van der Waals surface area contributed by atoms with Crippen LogP contribution in [-0.2, 0) is 6.54 Å². The minimum atomic E-state index is -0.273. The van der Waals surface area contributed by atoms with Crippen LogP contribution in [0.3, 0.4) is 0 Å². The lowest BCUT2D eigenvalue weighted by Crippen LogP contribution is -2.23. The van der Waals surface area contributed by atoms with Crippen molar-refractivity contribution >= 4 is 17.5 Å². The molecule has 3 aromatic rings. The van der Waals surface area contributed by atoms with Gasteiger partial charge in [-0.05, 0) is 48.5 Å². The highest BCUT2D eigenvalue weighted by molar-refractivity contribution is 6.30. The Balaban J connectivity index is 1.70. The van der Waals surface area contributed by atoms with Crippen LogP contribution in [0, 0.1) is 0 Å². The van der Waals surface area contributed by atoms with Gasteiger partial charge in [0.25, 0.3) is 5.91 Å². The first-order valence-electron chi connectivity index (χ1n) is 7.96. The molecule has 0 atom stereocenters. The zero-order chi connectivity index (χ0) is 18.5. The number of amides is 1. The molecule has 5 nitrogen and oxygen atoms in total. The van der Waals surface area contributed by atoms with Crippen LogP contribution < -0.4 is 14.8 Å². The van der Waals surface area contributed by atoms with Gasteiger partial charge in [-0.1, -0.05) is 17.7 Å². The third-order valence-corrected chi connectivity index (χ3v) is 4.11. The number of para-hydroxylation sites is 1. The van der Waals surface area contributed by atoms with Crippen molar-refractivity contribution in [3.05, 3.63) is 70.9 Å². The molecule has 1 heterocycles. The number of hydrogen-bond donors (Lipinski definition) is 1. The van der Waals surface area contributed by atoms with Crippen molar-refractivity contribution in [3.63, 3.8) is 0 Å². The maximum atomic E-state index is 12.5. The van der Waals surface area contributed by atoms with Crippen molar-refractivity contribution < 1.29 is 18.7 Å². The van der Waals surface area contributed by atoms with E-state index in [2.05, 4.69) is 5.32 Å². The average molecular weight is 372 g/mol. The molecule has 0 radical (unpaired) electrons. The summed E-state index contributed by atoms with van der Waals surface area (Å²) < 4.78 is 16.3. The number of carbonyl (C=O) groups is 1. The number of carbonyl (C=O) groups excluding carboxylic acids is 1. The Hall–Kier alpha value is -2.92. The molecule has 3 rings (SSSR count). The standard InChI is InChI=1S/C20H18ClNO4/c1-24-18-5-3-4-16(19(18)25-2)20(23)22-12-15-10-11-17(26-15)13-6-8-14(21)9-7-13/h3-11H,12H2,1-2H3,(H,22,23). The molecule has 0 aliphatic heterocycles. The fourth-order valence-electron chi connectivity index (χ4n) is 2.57. The van der Waals surface area contributed by atoms with Gasteiger partial charge in [-0.2, -0.15) is 0 Å². The van der Waals surface area contributed by atoms with Crippen LogP contribution in [0.15, 0.2) is 59.0 Å². The third kappa shape index (κ3) is 3.83. The largest absolute Gasteiger partial charge is 0.493 e. The van der Waals surface area contributed by atoms with E-state index >= 15 is 0 Å². The van der Waals surface area contributed by atoms with E-state index in [0.29, 0.717) is 33.6 Å². The average Bonchev–Trinajstić information content (AvgIpc) is 3.14. The van der Waals surface area contributed by atoms with Gasteiger partial charge >= 0.3 is 0 Å². The van der Waals surface area contributed by atoms with E-state index in [1.807, 2.05) is 24.3 Å². The second-order valence-electron chi connectivity index (χ2n) is 5.50. The van der Waals surface area contributed by atoms with E-state index in [4.69, 9.17) is 25.5 Å². The second kappa shape index (κ2) is 7.97. The molecule has 0 unspecified atom stereocenters. The summed E-state index contributed by atoms with van der Waals surface area (Å²) in [6.07, 6.45) is 0. The van der Waals surface area contributed by atoms with Gasteiger partial charge in [0.15, 0.2) is 11.5 Å². The van der Waals surface area contributed by atoms with Crippen molar-refractivity contribution in [2.75, 3.05) is 14.2 Å². The van der Waals surface area contributed by atoms with Gasteiger partial charge in [-0.3, -0.25) is 4.79 Å². The second-order valence-corrected chi connectivity index (χ2v) is 5.93. The van der Waals surface area contributed by atoms with Crippen molar-refractivity contribution in [2.45, 2.75) is 6.54 Å². The van der Waals surface area contributed by atoms with Gasteiger partial charge in [0.05, 0.1) is 26.3 Å². The van der Waals surface area contributed by atoms with E-state index in [0.717, 1.165) is 5.56 Å². The minimum Gasteiger partial charge on any atom is -0.493 e. The molecule has 134 valence electrons. The Morgan fingerprint density at radius 3 is 2.50 bits per heavy atom. The molecule has 0 bridgehead atoms. The van der Waals surface area contributed by atoms with Crippen molar-refractivity contribution in [1.82, 2.24) is 5.32 Å². The molecule has 0 saturated heterocycles. The number of benzene rings is 2. The van der Waals surface area contributed by atoms with E-state index < -0.39 is 0 Å². The topological polar surface area (TPSA) is 60.7 Å². The molecule has 2 aromatic carbocycles. The number of hydrogen-bond acceptors (Lipinski definition) is 4. The Morgan fingerprint density at radius 1 is 1.04 bits per heavy atom. The third-order valence-electron chi connectivity index (χ3n) is 3.86. The first-order chi connectivity index (χ1) is 12.6. The first kappa shape index (κ1) is 17.9. The van der Waals surface area contributed by atoms with Gasteiger partial charge in [0.2, 0.25) is 0 Å². The summed E-state index contributed by atoms with van der Waals surface area (Å²) >= 11 is 5.90. The van der Waals surface area contributed by atoms with Crippen LogP contribution in [0.2, 0.25) is 5.02 Å². The summed E-state index contributed by atoms with van der Waals surface area (Å²) in [7, 11) is 3.03. The van der Waals surface area contributed by atoms with Crippen molar-refractivity contribution in [1.29, 1.82) is 0 Å². The number of rotatable bonds is 6. The molecule has 1 aromatic heterocycles. The summed E-state index contributed by atoms with van der Waals surface area (Å²) in [5, 5.41) is 3.49. The molecule has 0 aliphatic carbocycles. The van der Waals surface area contributed by atoms with Gasteiger partial charge in [0, 0.05) is 10.6 Å². The SMILES string of the molecule is COc1cccc(C(=O)NCc2ccc(-c3ccc(Cl)cc3)o2)c1OC. The van der Waals surface area contributed by atoms with E-state index in [-0.39, 0.29) is 12.5 Å². The molecule has 26 heavy (non-hydrogen) atoms. The molecule has 0 fully saturated rings. The van der Waals surface area contributed by atoms with Crippen LogP contribution in [0.5, 0.6) is 11.5 Å². The number of nitrogens with one attached hydrogen (secondary N) is 1. The van der Waals surface area contributed by atoms with Crippen molar-refractivity contribution in [3.8, 4) is 22.8 Å². The van der Waals surface area contributed by atoms with Crippen molar-refractivity contribution in [2.24, 2.45) is 0 Å². The van der Waals surface area contributed by atoms with E-state index in [1.54, 1.807) is 30.3 Å². The highest BCUT2D eigenvalue weighted by atomic mass is 35.5. The molecular formula is C20H18ClNO4. The Kier molecular flexibility index (Phi) is 5.49. The highest BCUT2D eigenvalue weighted by Crippen LogP contribution is 2.30. The Bertz CT molecular complexity index is 902. The van der Waals surface area contributed by atoms with Crippen LogP contribution >= 0.6 is 11.6 Å². The predicted octanol–water partition coefficient (Wildman–Crippen LogP) is 4.55. The minimum absolute atomic E-state index is 0.257. The number of furan rings is 1. The van der Waals surface area contributed by atoms with Gasteiger partial charge in [-0.25, -0.2) is 0 Å². The molecule has 0 aliphatic rings. The quantitative estimate of drug-likeness (QED) is 0.690. The summed E-state index contributed by atoms with van der Waals surface area (Å²) in [6.45, 7) is 0.257. The molecular weight excluding hydrogens is 354 g/mol. The molecule has 6 heteroatoms. The van der Waals surface area contributed by atoms with Crippen LogP contribution in [0.1, 0.15) is 16.1 Å². The normalized spacial score (nSPS) is 10.4. The van der Waals surface area contributed by atoms with Gasteiger partial charge < -0.3 is 19.2 Å². The lowest BCUT2D eigenvalue weighted by molar-refractivity contribution is 0.0944. The molecule has 1 amide bonds. The Morgan fingerprint density at radius 2 is 1.81 bits per heavy atom. The monoisotopic (exact) mass is 371 g/mol. The zero-order valence-corrected chi connectivity index (χ0v) is 15.2. The number of halogens is 1. The molecule has 1 N–H and O–H groups in total. The lowest BCUT2D eigenvalue weighted by Gasteiger charge is -2.12. The predicted molar refractivity (Wildman–Crippen MR) is 99.9 cm³/mol. The summed E-state index contributed by atoms with van der Waals surface area (Å²) in [5.74, 6) is 1.98. The zero-order valence-electron chi connectivity index (χ0n) is 14.4. The smallest absolute Gasteiger partial charge is 0.255 e. The van der Waals surface area contributed by atoms with E-state index in [1.165, 1.54) is 14.2 Å². The van der Waals surface area contributed by atoms with Gasteiger partial charge in [0.1, 0.15) is 11.5 Å². The maximum Gasteiger partial charge on any atom is 0.255 e. The van der Waals surface area contributed by atoms with Gasteiger partial charge in [-0.15, -0.1) is 0 Å². The molecule has 0 saturated carbocycles. The summed E-state index contributed by atoms with van der Waals surface area (Å²) in [5.41, 5.74) is 1.32. The lowest BCUT2D eigenvalue weighted by atomic mass is 10.1. The fraction of sp³-hybridized carbons (Fsp3) is 0.150. The van der Waals surface area contributed by atoms with E-state index in [9.17, 15) is 4.79 Å². The molecule has 0 spiro atoms. The Labute approximate surface area is 156 Å². The first-order valence-corrected chi connectivity index (χ1v) is 8.34. The van der Waals surface area contributed by atoms with Crippen LogP contribution in [0.4, 0.5) is 0 Å². The summed E-state index contributed by atoms with van der Waals surface area (Å²) in [4.78, 5) is 12.5. The van der Waals surface area contributed by atoms with Crippen LogP contribution in [0.25, 0.3) is 11.3 Å². The summed E-state index contributed by atoms with van der Waals surface area (Å²) in [6, 6.07) is 16.2.